The van der Waals surface area contributed by atoms with Crippen molar-refractivity contribution in [2.75, 3.05) is 13.1 Å². The fraction of sp³-hybridized carbons (Fsp3) is 1.00. The van der Waals surface area contributed by atoms with Crippen LogP contribution in [0, 0.1) is 5.92 Å². The highest BCUT2D eigenvalue weighted by molar-refractivity contribution is 4.80. The molecule has 0 aliphatic carbocycles. The topological polar surface area (TPSA) is 24.1 Å². The van der Waals surface area contributed by atoms with E-state index < -0.39 is 0 Å². The summed E-state index contributed by atoms with van der Waals surface area (Å²) in [6, 6.07) is 1.33. The first-order valence-electron chi connectivity index (χ1n) is 4.65. The smallest absolute Gasteiger partial charge is 0.0195 e. The minimum Gasteiger partial charge on any atom is -0.313 e. The monoisotopic (exact) mass is 156 g/mol. The Balaban J connectivity index is 2.08. The SMILES string of the molecule is CC(C)NC[C@@H]1C[C@H](C)CN1. The lowest BCUT2D eigenvalue weighted by atomic mass is 10.1. The molecule has 2 heteroatoms. The van der Waals surface area contributed by atoms with Crippen molar-refractivity contribution in [1.82, 2.24) is 10.6 Å². The summed E-state index contributed by atoms with van der Waals surface area (Å²) >= 11 is 0. The van der Waals surface area contributed by atoms with Gasteiger partial charge in [-0.3, -0.25) is 0 Å². The fourth-order valence-corrected chi connectivity index (χ4v) is 1.55. The third-order valence-electron chi connectivity index (χ3n) is 2.21. The van der Waals surface area contributed by atoms with Crippen LogP contribution in [0.25, 0.3) is 0 Å². The molecule has 0 spiro atoms. The molecule has 1 aliphatic heterocycles. The van der Waals surface area contributed by atoms with Gasteiger partial charge in [0.05, 0.1) is 0 Å². The van der Waals surface area contributed by atoms with Crippen LogP contribution in [-0.2, 0) is 0 Å². The van der Waals surface area contributed by atoms with Gasteiger partial charge in [0.15, 0.2) is 0 Å². The highest BCUT2D eigenvalue weighted by Gasteiger charge is 2.19. The summed E-state index contributed by atoms with van der Waals surface area (Å²) in [5.74, 6) is 0.869. The van der Waals surface area contributed by atoms with Gasteiger partial charge in [0.25, 0.3) is 0 Å². The summed E-state index contributed by atoms with van der Waals surface area (Å²) in [4.78, 5) is 0. The molecular weight excluding hydrogens is 136 g/mol. The second kappa shape index (κ2) is 4.07. The fourth-order valence-electron chi connectivity index (χ4n) is 1.55. The Kier molecular flexibility index (Phi) is 3.34. The maximum absolute atomic E-state index is 3.50. The van der Waals surface area contributed by atoms with Crippen molar-refractivity contribution in [1.29, 1.82) is 0 Å². The van der Waals surface area contributed by atoms with Gasteiger partial charge in [-0.25, -0.2) is 0 Å². The lowest BCUT2D eigenvalue weighted by Gasteiger charge is -2.13. The number of rotatable bonds is 3. The zero-order valence-electron chi connectivity index (χ0n) is 7.85. The van der Waals surface area contributed by atoms with E-state index in [-0.39, 0.29) is 0 Å². The molecule has 0 bridgehead atoms. The van der Waals surface area contributed by atoms with Crippen LogP contribution in [0.15, 0.2) is 0 Å². The molecule has 0 amide bonds. The van der Waals surface area contributed by atoms with Crippen molar-refractivity contribution in [3.8, 4) is 0 Å². The molecular formula is C9H20N2. The molecule has 66 valence electrons. The molecule has 0 unspecified atom stereocenters. The standard InChI is InChI=1S/C9H20N2/c1-7(2)10-6-9-4-8(3)5-11-9/h7-11H,4-6H2,1-3H3/t8-,9-/m0/s1. The molecule has 11 heavy (non-hydrogen) atoms. The predicted molar refractivity (Wildman–Crippen MR) is 48.7 cm³/mol. The average Bonchev–Trinajstić information content (AvgIpc) is 2.31. The molecule has 0 radical (unpaired) electrons. The van der Waals surface area contributed by atoms with Crippen LogP contribution in [0.2, 0.25) is 0 Å². The molecule has 1 rings (SSSR count). The van der Waals surface area contributed by atoms with E-state index in [4.69, 9.17) is 0 Å². The summed E-state index contributed by atoms with van der Waals surface area (Å²) in [5, 5.41) is 6.94. The van der Waals surface area contributed by atoms with Crippen LogP contribution >= 0.6 is 0 Å². The van der Waals surface area contributed by atoms with Crippen LogP contribution in [0.3, 0.4) is 0 Å². The zero-order chi connectivity index (χ0) is 8.27. The van der Waals surface area contributed by atoms with E-state index in [1.807, 2.05) is 0 Å². The molecule has 0 saturated carbocycles. The Bertz CT molecular complexity index is 112. The predicted octanol–water partition coefficient (Wildman–Crippen LogP) is 0.982. The molecule has 1 fully saturated rings. The molecule has 0 aromatic rings. The Hall–Kier alpha value is -0.0800. The summed E-state index contributed by atoms with van der Waals surface area (Å²) in [5.41, 5.74) is 0. The number of hydrogen-bond donors (Lipinski definition) is 2. The lowest BCUT2D eigenvalue weighted by molar-refractivity contribution is 0.490. The first-order valence-corrected chi connectivity index (χ1v) is 4.65. The maximum atomic E-state index is 3.50. The Labute approximate surface area is 69.8 Å². The van der Waals surface area contributed by atoms with Gasteiger partial charge >= 0.3 is 0 Å². The molecule has 2 N–H and O–H groups in total. The van der Waals surface area contributed by atoms with E-state index in [1.165, 1.54) is 13.0 Å². The van der Waals surface area contributed by atoms with Gasteiger partial charge < -0.3 is 10.6 Å². The van der Waals surface area contributed by atoms with Crippen molar-refractivity contribution < 1.29 is 0 Å². The van der Waals surface area contributed by atoms with Crippen molar-refractivity contribution in [2.24, 2.45) is 5.92 Å². The van der Waals surface area contributed by atoms with Gasteiger partial charge in [0.1, 0.15) is 0 Å². The van der Waals surface area contributed by atoms with Crippen LogP contribution < -0.4 is 10.6 Å². The molecule has 1 heterocycles. The summed E-state index contributed by atoms with van der Waals surface area (Å²) in [6.45, 7) is 9.02. The van der Waals surface area contributed by atoms with Gasteiger partial charge in [-0.15, -0.1) is 0 Å². The highest BCUT2D eigenvalue weighted by Crippen LogP contribution is 2.11. The van der Waals surface area contributed by atoms with Crippen molar-refractivity contribution in [2.45, 2.75) is 39.3 Å². The van der Waals surface area contributed by atoms with E-state index in [2.05, 4.69) is 31.4 Å². The molecule has 2 nitrogen and oxygen atoms in total. The van der Waals surface area contributed by atoms with E-state index in [9.17, 15) is 0 Å². The molecule has 1 aliphatic rings. The zero-order valence-corrected chi connectivity index (χ0v) is 7.85. The van der Waals surface area contributed by atoms with Gasteiger partial charge in [0, 0.05) is 18.6 Å². The van der Waals surface area contributed by atoms with E-state index >= 15 is 0 Å². The highest BCUT2D eigenvalue weighted by atomic mass is 15.0. The molecule has 0 aromatic heterocycles. The van der Waals surface area contributed by atoms with Gasteiger partial charge in [0.2, 0.25) is 0 Å². The normalized spacial score (nSPS) is 31.6. The second-order valence-electron chi connectivity index (χ2n) is 4.01. The van der Waals surface area contributed by atoms with E-state index in [0.29, 0.717) is 12.1 Å². The Morgan fingerprint density at radius 3 is 2.73 bits per heavy atom. The number of nitrogens with one attached hydrogen (secondary N) is 2. The first-order chi connectivity index (χ1) is 5.18. The first kappa shape index (κ1) is 9.01. The van der Waals surface area contributed by atoms with Crippen LogP contribution in [-0.4, -0.2) is 25.2 Å². The third kappa shape index (κ3) is 3.21. The van der Waals surface area contributed by atoms with Gasteiger partial charge in [-0.1, -0.05) is 20.8 Å². The van der Waals surface area contributed by atoms with Gasteiger partial charge in [-0.2, -0.15) is 0 Å². The summed E-state index contributed by atoms with van der Waals surface area (Å²) in [7, 11) is 0. The van der Waals surface area contributed by atoms with Crippen molar-refractivity contribution >= 4 is 0 Å². The van der Waals surface area contributed by atoms with Gasteiger partial charge in [-0.05, 0) is 18.9 Å². The lowest BCUT2D eigenvalue weighted by Crippen LogP contribution is -2.37. The third-order valence-corrected chi connectivity index (χ3v) is 2.21. The minimum absolute atomic E-state index is 0.618. The molecule has 1 saturated heterocycles. The van der Waals surface area contributed by atoms with Crippen LogP contribution in [0.4, 0.5) is 0 Å². The Morgan fingerprint density at radius 1 is 1.55 bits per heavy atom. The second-order valence-corrected chi connectivity index (χ2v) is 4.01. The summed E-state index contributed by atoms with van der Waals surface area (Å²) in [6.07, 6.45) is 1.33. The van der Waals surface area contributed by atoms with Crippen LogP contribution in [0.5, 0.6) is 0 Å². The van der Waals surface area contributed by atoms with E-state index in [0.717, 1.165) is 12.5 Å². The van der Waals surface area contributed by atoms with Crippen LogP contribution in [0.1, 0.15) is 27.2 Å². The molecule has 0 aromatic carbocycles. The minimum atomic E-state index is 0.618. The van der Waals surface area contributed by atoms with Crippen molar-refractivity contribution in [3.63, 3.8) is 0 Å². The van der Waals surface area contributed by atoms with E-state index in [1.54, 1.807) is 0 Å². The largest absolute Gasteiger partial charge is 0.313 e. The summed E-state index contributed by atoms with van der Waals surface area (Å²) < 4.78 is 0. The average molecular weight is 156 g/mol. The van der Waals surface area contributed by atoms with Crippen molar-refractivity contribution in [3.05, 3.63) is 0 Å². The Morgan fingerprint density at radius 2 is 2.27 bits per heavy atom. The number of hydrogen-bond acceptors (Lipinski definition) is 2. The quantitative estimate of drug-likeness (QED) is 0.636. The maximum Gasteiger partial charge on any atom is 0.0195 e. The molecule has 2 atom stereocenters.